The monoisotopic (exact) mass is 468 g/mol. The molecule has 28 heavy (non-hydrogen) atoms. The highest BCUT2D eigenvalue weighted by Crippen LogP contribution is 2.34. The molecule has 1 aliphatic heterocycles. The highest BCUT2D eigenvalue weighted by atomic mass is 28.4. The van der Waals surface area contributed by atoms with E-state index < -0.39 is 45.7 Å². The van der Waals surface area contributed by atoms with E-state index in [9.17, 15) is 5.11 Å². The van der Waals surface area contributed by atoms with Crippen LogP contribution >= 0.6 is 0 Å². The van der Waals surface area contributed by atoms with Crippen LogP contribution in [0.4, 0.5) is 0 Å². The minimum Gasteiger partial charge on any atom is -0.409 e. The molecule has 1 saturated heterocycles. The lowest BCUT2D eigenvalue weighted by Gasteiger charge is -2.51. The Morgan fingerprint density at radius 1 is 0.571 bits per heavy atom. The van der Waals surface area contributed by atoms with Gasteiger partial charge >= 0.3 is 0 Å². The summed E-state index contributed by atoms with van der Waals surface area (Å²) in [4.78, 5) is 0. The SMILES string of the molecule is C[Si](C)(C)O[C@H]1O[C@H](CO)[C@@H](O[Si](C)(C)C)[C@H](O[Si](C)(C)C)[C@H]1O[Si](C)(C)C. The molecule has 10 heteroatoms. The molecule has 0 unspecified atom stereocenters. The summed E-state index contributed by atoms with van der Waals surface area (Å²) in [5.74, 6) is 0. The molecule has 0 spiro atoms. The van der Waals surface area contributed by atoms with Crippen LogP contribution in [0.25, 0.3) is 0 Å². The minimum absolute atomic E-state index is 0.133. The summed E-state index contributed by atoms with van der Waals surface area (Å²) in [6.07, 6.45) is -2.10. The summed E-state index contributed by atoms with van der Waals surface area (Å²) in [6, 6.07) is 0. The van der Waals surface area contributed by atoms with Crippen LogP contribution in [0.15, 0.2) is 0 Å². The van der Waals surface area contributed by atoms with Crippen LogP contribution in [-0.2, 0) is 22.4 Å². The fraction of sp³-hybridized carbons (Fsp3) is 1.00. The lowest BCUT2D eigenvalue weighted by Crippen LogP contribution is -2.67. The van der Waals surface area contributed by atoms with Gasteiger partial charge < -0.3 is 27.5 Å². The number of hydrogen-bond donors (Lipinski definition) is 1. The normalized spacial score (nSPS) is 30.5. The lowest BCUT2D eigenvalue weighted by atomic mass is 9.99. The predicted octanol–water partition coefficient (Wildman–Crippen LogP) is 4.22. The van der Waals surface area contributed by atoms with Crippen LogP contribution in [-0.4, -0.2) is 75.7 Å². The fourth-order valence-electron chi connectivity index (χ4n) is 3.10. The Balaban J connectivity index is 3.40. The lowest BCUT2D eigenvalue weighted by molar-refractivity contribution is -0.269. The quantitative estimate of drug-likeness (QED) is 0.511. The highest BCUT2D eigenvalue weighted by molar-refractivity contribution is 6.71. The van der Waals surface area contributed by atoms with Crippen LogP contribution in [0.3, 0.4) is 0 Å². The molecule has 1 heterocycles. The Labute approximate surface area is 176 Å². The first-order chi connectivity index (χ1) is 12.3. The third-order valence-corrected chi connectivity index (χ3v) is 7.59. The second kappa shape index (κ2) is 9.41. The summed E-state index contributed by atoms with van der Waals surface area (Å²) in [5.41, 5.74) is 0. The molecule has 0 radical (unpaired) electrons. The van der Waals surface area contributed by atoms with Crippen LogP contribution in [0, 0.1) is 0 Å². The van der Waals surface area contributed by atoms with Crippen molar-refractivity contribution in [2.24, 2.45) is 0 Å². The van der Waals surface area contributed by atoms with Crippen molar-refractivity contribution >= 4 is 33.3 Å². The van der Waals surface area contributed by atoms with Gasteiger partial charge in [-0.2, -0.15) is 0 Å². The van der Waals surface area contributed by atoms with Gasteiger partial charge in [0.05, 0.1) is 6.61 Å². The van der Waals surface area contributed by atoms with Crippen molar-refractivity contribution in [3.05, 3.63) is 0 Å². The fourth-order valence-corrected chi connectivity index (χ4v) is 7.23. The first kappa shape index (κ1) is 26.7. The van der Waals surface area contributed by atoms with Crippen molar-refractivity contribution in [3.63, 3.8) is 0 Å². The molecule has 0 amide bonds. The van der Waals surface area contributed by atoms with Gasteiger partial charge in [0, 0.05) is 0 Å². The van der Waals surface area contributed by atoms with Gasteiger partial charge in [0.1, 0.15) is 24.4 Å². The Kier molecular flexibility index (Phi) is 8.96. The van der Waals surface area contributed by atoms with E-state index in [1.807, 2.05) is 0 Å². The molecule has 1 fully saturated rings. The molecular formula is C18H44O6Si4. The van der Waals surface area contributed by atoms with Crippen LogP contribution in [0.1, 0.15) is 0 Å². The first-order valence-corrected chi connectivity index (χ1v) is 23.9. The number of ether oxygens (including phenoxy) is 1. The largest absolute Gasteiger partial charge is 0.409 e. The molecule has 0 aromatic rings. The Hall–Kier alpha value is 0.628. The van der Waals surface area contributed by atoms with Crippen molar-refractivity contribution in [2.45, 2.75) is 109 Å². The maximum absolute atomic E-state index is 10.1. The van der Waals surface area contributed by atoms with E-state index in [1.165, 1.54) is 0 Å². The van der Waals surface area contributed by atoms with E-state index in [0.717, 1.165) is 0 Å². The molecule has 5 atom stereocenters. The van der Waals surface area contributed by atoms with Crippen LogP contribution in [0.2, 0.25) is 78.6 Å². The molecule has 1 aliphatic rings. The van der Waals surface area contributed by atoms with Gasteiger partial charge in [-0.15, -0.1) is 0 Å². The van der Waals surface area contributed by atoms with Gasteiger partial charge in [0.2, 0.25) is 0 Å². The molecule has 1 N–H and O–H groups in total. The Morgan fingerprint density at radius 3 is 1.29 bits per heavy atom. The van der Waals surface area contributed by atoms with Crippen molar-refractivity contribution in [1.29, 1.82) is 0 Å². The standard InChI is InChI=1S/C18H44O6Si4/c1-25(2,3)21-15-14(13-19)20-18(24-28(10,11)12)17(23-27(7,8)9)16(15)22-26(4,5)6/h14-19H,13H2,1-12H3/t14-,15-,16+,17-,18-/m1/s1. The average molecular weight is 469 g/mol. The molecule has 0 aliphatic carbocycles. The zero-order chi connectivity index (χ0) is 22.1. The zero-order valence-corrected chi connectivity index (χ0v) is 24.1. The van der Waals surface area contributed by atoms with Gasteiger partial charge in [0.25, 0.3) is 0 Å². The molecule has 0 saturated carbocycles. The third-order valence-electron chi connectivity index (χ3n) is 3.71. The maximum atomic E-state index is 10.1. The van der Waals surface area contributed by atoms with Crippen molar-refractivity contribution in [3.8, 4) is 0 Å². The number of aliphatic hydroxyl groups excluding tert-OH is 1. The number of aliphatic hydroxyl groups is 1. The summed E-state index contributed by atoms with van der Waals surface area (Å²) in [7, 11) is -7.65. The number of hydrogen-bond acceptors (Lipinski definition) is 6. The van der Waals surface area contributed by atoms with Gasteiger partial charge in [-0.05, 0) is 78.6 Å². The van der Waals surface area contributed by atoms with Gasteiger partial charge in [-0.3, -0.25) is 0 Å². The summed E-state index contributed by atoms with van der Waals surface area (Å²) in [5, 5.41) is 10.1. The van der Waals surface area contributed by atoms with Crippen molar-refractivity contribution < 1.29 is 27.5 Å². The van der Waals surface area contributed by atoms with E-state index in [-0.39, 0.29) is 24.9 Å². The molecule has 0 bridgehead atoms. The molecule has 168 valence electrons. The molecule has 0 aromatic carbocycles. The van der Waals surface area contributed by atoms with E-state index in [0.29, 0.717) is 0 Å². The van der Waals surface area contributed by atoms with E-state index in [2.05, 4.69) is 78.6 Å². The maximum Gasteiger partial charge on any atom is 0.187 e. The Morgan fingerprint density at radius 2 is 0.929 bits per heavy atom. The molecular weight excluding hydrogens is 425 g/mol. The van der Waals surface area contributed by atoms with E-state index in [1.54, 1.807) is 0 Å². The van der Waals surface area contributed by atoms with Gasteiger partial charge in [0.15, 0.2) is 39.6 Å². The van der Waals surface area contributed by atoms with Gasteiger partial charge in [-0.25, -0.2) is 0 Å². The number of rotatable bonds is 9. The molecule has 0 aromatic heterocycles. The molecule has 6 nitrogen and oxygen atoms in total. The van der Waals surface area contributed by atoms with Crippen LogP contribution in [0.5, 0.6) is 0 Å². The summed E-state index contributed by atoms with van der Waals surface area (Å²) in [6.45, 7) is 25.7. The zero-order valence-electron chi connectivity index (χ0n) is 20.1. The minimum atomic E-state index is -1.92. The second-order valence-electron chi connectivity index (χ2n) is 11.5. The van der Waals surface area contributed by atoms with Crippen molar-refractivity contribution in [2.75, 3.05) is 6.61 Å². The summed E-state index contributed by atoms with van der Waals surface area (Å²) >= 11 is 0. The summed E-state index contributed by atoms with van der Waals surface area (Å²) < 4.78 is 32.4. The van der Waals surface area contributed by atoms with Crippen molar-refractivity contribution in [1.82, 2.24) is 0 Å². The predicted molar refractivity (Wildman–Crippen MR) is 125 cm³/mol. The average Bonchev–Trinajstić information content (AvgIpc) is 2.39. The highest BCUT2D eigenvalue weighted by Gasteiger charge is 2.52. The first-order valence-electron chi connectivity index (χ1n) is 10.3. The topological polar surface area (TPSA) is 66.4 Å². The third kappa shape index (κ3) is 9.62. The van der Waals surface area contributed by atoms with E-state index >= 15 is 0 Å². The smallest absolute Gasteiger partial charge is 0.187 e. The van der Waals surface area contributed by atoms with E-state index in [4.69, 9.17) is 22.4 Å². The van der Waals surface area contributed by atoms with Crippen LogP contribution < -0.4 is 0 Å². The Bertz CT molecular complexity index is 492. The molecule has 1 rings (SSSR count). The van der Waals surface area contributed by atoms with Gasteiger partial charge in [-0.1, -0.05) is 0 Å². The second-order valence-corrected chi connectivity index (χ2v) is 29.4.